The lowest BCUT2D eigenvalue weighted by Crippen LogP contribution is -2.40. The molecule has 2 aliphatic rings. The van der Waals surface area contributed by atoms with Crippen LogP contribution in [0, 0.1) is 11.8 Å². The van der Waals surface area contributed by atoms with Crippen LogP contribution in [0.25, 0.3) is 0 Å². The molecule has 0 aromatic carbocycles. The Kier molecular flexibility index (Phi) is 3.35. The second-order valence-corrected chi connectivity index (χ2v) is 5.23. The summed E-state index contributed by atoms with van der Waals surface area (Å²) in [4.78, 5) is 25.5. The van der Waals surface area contributed by atoms with Crippen molar-refractivity contribution in [1.82, 2.24) is 15.5 Å². The van der Waals surface area contributed by atoms with E-state index in [0.29, 0.717) is 11.8 Å². The Morgan fingerprint density at radius 1 is 1.37 bits per heavy atom. The second kappa shape index (κ2) is 5.14. The molecule has 6 heteroatoms. The Morgan fingerprint density at radius 2 is 2.11 bits per heavy atom. The van der Waals surface area contributed by atoms with Gasteiger partial charge in [-0.2, -0.15) is 0 Å². The molecule has 102 valence electrons. The van der Waals surface area contributed by atoms with E-state index >= 15 is 0 Å². The molecule has 3 rings (SSSR count). The van der Waals surface area contributed by atoms with Gasteiger partial charge in [0.25, 0.3) is 5.91 Å². The summed E-state index contributed by atoms with van der Waals surface area (Å²) in [5.74, 6) is 0.711. The highest BCUT2D eigenvalue weighted by molar-refractivity contribution is 6.03. The van der Waals surface area contributed by atoms with Crippen LogP contribution in [0.2, 0.25) is 0 Å². The summed E-state index contributed by atoms with van der Waals surface area (Å²) in [6.45, 7) is 4.21. The van der Waals surface area contributed by atoms with Crippen LogP contribution in [0.3, 0.4) is 0 Å². The van der Waals surface area contributed by atoms with Crippen LogP contribution >= 0.6 is 0 Å². The van der Waals surface area contributed by atoms with Crippen molar-refractivity contribution in [2.24, 2.45) is 11.8 Å². The summed E-state index contributed by atoms with van der Waals surface area (Å²) in [5.41, 5.74) is 0. The van der Waals surface area contributed by atoms with Crippen molar-refractivity contribution in [2.45, 2.75) is 0 Å². The van der Waals surface area contributed by atoms with Crippen molar-refractivity contribution in [3.05, 3.63) is 24.2 Å². The van der Waals surface area contributed by atoms with E-state index in [2.05, 4.69) is 15.5 Å². The van der Waals surface area contributed by atoms with Crippen LogP contribution in [-0.4, -0.2) is 49.4 Å². The summed E-state index contributed by atoms with van der Waals surface area (Å²) in [6, 6.07) is 3.16. The Morgan fingerprint density at radius 3 is 2.74 bits per heavy atom. The number of carbonyl (C=O) groups excluding carboxylic acids is 2. The Bertz CT molecular complexity index is 459. The highest BCUT2D eigenvalue weighted by Crippen LogP contribution is 2.25. The molecule has 2 aliphatic heterocycles. The van der Waals surface area contributed by atoms with Crippen LogP contribution in [0.1, 0.15) is 10.6 Å². The van der Waals surface area contributed by atoms with E-state index in [9.17, 15) is 9.59 Å². The van der Waals surface area contributed by atoms with Gasteiger partial charge in [-0.3, -0.25) is 19.8 Å². The fourth-order valence-corrected chi connectivity index (χ4v) is 2.92. The first kappa shape index (κ1) is 12.4. The quantitative estimate of drug-likeness (QED) is 0.782. The number of amides is 2. The molecular formula is C13H17N3O3. The van der Waals surface area contributed by atoms with Gasteiger partial charge in [-0.25, -0.2) is 0 Å². The van der Waals surface area contributed by atoms with Gasteiger partial charge in [0.1, 0.15) is 0 Å². The largest absolute Gasteiger partial charge is 0.459 e. The maximum atomic E-state index is 11.8. The van der Waals surface area contributed by atoms with Crippen LogP contribution in [0.15, 0.2) is 22.8 Å². The van der Waals surface area contributed by atoms with Gasteiger partial charge in [-0.05, 0) is 37.1 Å². The molecule has 0 spiro atoms. The van der Waals surface area contributed by atoms with Crippen LogP contribution in [0.5, 0.6) is 0 Å². The highest BCUT2D eigenvalue weighted by atomic mass is 16.3. The number of likely N-dealkylation sites (tertiary alicyclic amines) is 1. The SMILES string of the molecule is O=C(CN1C[C@H]2CNC[C@H]2C1)NC(=O)c1ccco1. The number of fused-ring (bicyclic) bond motifs is 1. The Hall–Kier alpha value is -1.66. The Labute approximate surface area is 111 Å². The van der Waals surface area contributed by atoms with Crippen molar-refractivity contribution in [3.8, 4) is 0 Å². The predicted octanol–water partition coefficient (Wildman–Crippen LogP) is -0.313. The van der Waals surface area contributed by atoms with Gasteiger partial charge in [-0.1, -0.05) is 0 Å². The molecule has 3 heterocycles. The lowest BCUT2D eigenvalue weighted by Gasteiger charge is -2.15. The number of rotatable bonds is 3. The summed E-state index contributed by atoms with van der Waals surface area (Å²) in [7, 11) is 0. The second-order valence-electron chi connectivity index (χ2n) is 5.23. The van der Waals surface area contributed by atoms with Gasteiger partial charge in [-0.15, -0.1) is 0 Å². The number of imide groups is 1. The summed E-state index contributed by atoms with van der Waals surface area (Å²) >= 11 is 0. The van der Waals surface area contributed by atoms with E-state index in [4.69, 9.17) is 4.42 Å². The van der Waals surface area contributed by atoms with E-state index in [1.54, 1.807) is 6.07 Å². The minimum absolute atomic E-state index is 0.163. The zero-order chi connectivity index (χ0) is 13.2. The van der Waals surface area contributed by atoms with Crippen molar-refractivity contribution < 1.29 is 14.0 Å². The molecule has 2 fully saturated rings. The topological polar surface area (TPSA) is 74.6 Å². The van der Waals surface area contributed by atoms with Gasteiger partial charge >= 0.3 is 0 Å². The molecule has 1 aromatic heterocycles. The minimum Gasteiger partial charge on any atom is -0.459 e. The minimum atomic E-state index is -0.476. The van der Waals surface area contributed by atoms with Crippen LogP contribution in [-0.2, 0) is 4.79 Å². The third-order valence-electron chi connectivity index (χ3n) is 3.83. The van der Waals surface area contributed by atoms with Crippen LogP contribution < -0.4 is 10.6 Å². The molecule has 19 heavy (non-hydrogen) atoms. The monoisotopic (exact) mass is 263 g/mol. The first-order valence-electron chi connectivity index (χ1n) is 6.53. The number of nitrogens with one attached hydrogen (secondary N) is 2. The zero-order valence-corrected chi connectivity index (χ0v) is 10.6. The number of nitrogens with zero attached hydrogens (tertiary/aromatic N) is 1. The fraction of sp³-hybridized carbons (Fsp3) is 0.538. The van der Waals surface area contributed by atoms with E-state index in [0.717, 1.165) is 26.2 Å². The van der Waals surface area contributed by atoms with Gasteiger partial charge in [0.15, 0.2) is 5.76 Å². The summed E-state index contributed by atoms with van der Waals surface area (Å²) in [6.07, 6.45) is 1.41. The lowest BCUT2D eigenvalue weighted by atomic mass is 10.0. The number of carbonyl (C=O) groups is 2. The van der Waals surface area contributed by atoms with Gasteiger partial charge in [0, 0.05) is 13.1 Å². The first-order chi connectivity index (χ1) is 9.22. The first-order valence-corrected chi connectivity index (χ1v) is 6.53. The molecule has 1 aromatic rings. The average molecular weight is 263 g/mol. The predicted molar refractivity (Wildman–Crippen MR) is 67.5 cm³/mol. The van der Waals surface area contributed by atoms with Crippen LogP contribution in [0.4, 0.5) is 0 Å². The van der Waals surface area contributed by atoms with Crippen molar-refractivity contribution in [2.75, 3.05) is 32.7 Å². The molecule has 6 nitrogen and oxygen atoms in total. The molecule has 0 aliphatic carbocycles. The third-order valence-corrected chi connectivity index (χ3v) is 3.83. The molecule has 2 N–H and O–H groups in total. The molecule has 0 bridgehead atoms. The molecule has 0 unspecified atom stereocenters. The zero-order valence-electron chi connectivity index (χ0n) is 10.6. The van der Waals surface area contributed by atoms with E-state index in [1.807, 2.05) is 0 Å². The Balaban J connectivity index is 1.48. The highest BCUT2D eigenvalue weighted by Gasteiger charge is 2.36. The van der Waals surface area contributed by atoms with E-state index < -0.39 is 5.91 Å². The maximum absolute atomic E-state index is 11.8. The van der Waals surface area contributed by atoms with Gasteiger partial charge in [0.05, 0.1) is 12.8 Å². The van der Waals surface area contributed by atoms with E-state index in [-0.39, 0.29) is 18.2 Å². The standard InChI is InChI=1S/C13H17N3O3/c17-12(15-13(18)11-2-1-3-19-11)8-16-6-9-4-14-5-10(9)7-16/h1-3,9-10,14H,4-8H2,(H,15,17,18)/t9-,10+. The van der Waals surface area contributed by atoms with Crippen molar-refractivity contribution in [3.63, 3.8) is 0 Å². The van der Waals surface area contributed by atoms with Crippen molar-refractivity contribution in [1.29, 1.82) is 0 Å². The van der Waals surface area contributed by atoms with Crippen molar-refractivity contribution >= 4 is 11.8 Å². The number of furan rings is 1. The number of hydrogen-bond acceptors (Lipinski definition) is 5. The molecule has 0 radical (unpaired) electrons. The summed E-state index contributed by atoms with van der Waals surface area (Å²) < 4.78 is 4.94. The fourth-order valence-electron chi connectivity index (χ4n) is 2.92. The smallest absolute Gasteiger partial charge is 0.293 e. The molecule has 2 amide bonds. The third kappa shape index (κ3) is 2.69. The van der Waals surface area contributed by atoms with E-state index in [1.165, 1.54) is 12.3 Å². The number of hydrogen-bond donors (Lipinski definition) is 2. The lowest BCUT2D eigenvalue weighted by molar-refractivity contribution is -0.121. The van der Waals surface area contributed by atoms with Gasteiger partial charge in [0.2, 0.25) is 5.91 Å². The molecule has 0 saturated carbocycles. The average Bonchev–Trinajstić information content (AvgIpc) is 3.03. The van der Waals surface area contributed by atoms with Gasteiger partial charge < -0.3 is 9.73 Å². The maximum Gasteiger partial charge on any atom is 0.293 e. The normalized spacial score (nSPS) is 26.3. The molecule has 2 saturated heterocycles. The molecular weight excluding hydrogens is 246 g/mol. The summed E-state index contributed by atoms with van der Waals surface area (Å²) in [5, 5.41) is 5.70. The molecule has 2 atom stereocenters.